The zero-order chi connectivity index (χ0) is 22.2. The summed E-state index contributed by atoms with van der Waals surface area (Å²) in [7, 11) is -1.91. The molecule has 1 aromatic carbocycles. The van der Waals surface area contributed by atoms with Crippen LogP contribution in [0.3, 0.4) is 0 Å². The lowest BCUT2D eigenvalue weighted by Crippen LogP contribution is -2.47. The highest BCUT2D eigenvalue weighted by Gasteiger charge is 2.52. The molecule has 0 amide bonds. The van der Waals surface area contributed by atoms with Gasteiger partial charge in [-0.05, 0) is 50.4 Å². The van der Waals surface area contributed by atoms with Gasteiger partial charge >= 0.3 is 0 Å². The topological polar surface area (TPSA) is 57.2 Å². The second-order valence-electron chi connectivity index (χ2n) is 10.8. The minimum Gasteiger partial charge on any atom is -0.414 e. The first-order valence-corrected chi connectivity index (χ1v) is 14.1. The molecule has 1 saturated heterocycles. The summed E-state index contributed by atoms with van der Waals surface area (Å²) < 4.78 is 25.3. The maximum absolute atomic E-state index is 10.8. The molecule has 170 valence electrons. The summed E-state index contributed by atoms with van der Waals surface area (Å²) >= 11 is 0. The second kappa shape index (κ2) is 9.00. The van der Waals surface area contributed by atoms with Gasteiger partial charge in [0.25, 0.3) is 0 Å². The highest BCUT2D eigenvalue weighted by atomic mass is 28.4. The lowest BCUT2D eigenvalue weighted by Gasteiger charge is -2.38. The van der Waals surface area contributed by atoms with Crippen LogP contribution < -0.4 is 0 Å². The third kappa shape index (κ3) is 5.53. The summed E-state index contributed by atoms with van der Waals surface area (Å²) in [6, 6.07) is 10.2. The van der Waals surface area contributed by atoms with Crippen LogP contribution in [-0.4, -0.2) is 50.2 Å². The Labute approximate surface area is 183 Å². The van der Waals surface area contributed by atoms with Crippen LogP contribution in [0, 0.1) is 5.92 Å². The molecule has 0 radical (unpaired) electrons. The highest BCUT2D eigenvalue weighted by molar-refractivity contribution is 6.74. The van der Waals surface area contributed by atoms with Crippen LogP contribution in [0.15, 0.2) is 30.3 Å². The van der Waals surface area contributed by atoms with Crippen LogP contribution in [0.5, 0.6) is 0 Å². The average molecular weight is 437 g/mol. The summed E-state index contributed by atoms with van der Waals surface area (Å²) in [6.07, 6.45) is 0.578. The Morgan fingerprint density at radius 1 is 1.10 bits per heavy atom. The molecule has 1 N–H and O–H groups in total. The van der Waals surface area contributed by atoms with Gasteiger partial charge in [0.2, 0.25) is 0 Å². The Morgan fingerprint density at radius 2 is 1.77 bits per heavy atom. The first kappa shape index (κ1) is 23.9. The molecule has 6 heteroatoms. The Balaban J connectivity index is 1.70. The maximum Gasteiger partial charge on any atom is 0.192 e. The Bertz CT molecular complexity index is 685. The molecule has 5 nitrogen and oxygen atoms in total. The molecule has 1 aromatic rings. The van der Waals surface area contributed by atoms with Crippen molar-refractivity contribution >= 4 is 8.32 Å². The van der Waals surface area contributed by atoms with Crippen molar-refractivity contribution in [1.82, 2.24) is 0 Å². The molecule has 1 heterocycles. The Morgan fingerprint density at radius 3 is 2.40 bits per heavy atom. The van der Waals surface area contributed by atoms with Gasteiger partial charge in [0.1, 0.15) is 6.10 Å². The van der Waals surface area contributed by atoms with E-state index in [4.69, 9.17) is 18.6 Å². The minimum atomic E-state index is -1.91. The van der Waals surface area contributed by atoms with Crippen LogP contribution in [0.4, 0.5) is 0 Å². The summed E-state index contributed by atoms with van der Waals surface area (Å²) in [5, 5.41) is 10.9. The largest absolute Gasteiger partial charge is 0.414 e. The van der Waals surface area contributed by atoms with Gasteiger partial charge in [0.15, 0.2) is 14.1 Å². The molecule has 0 aromatic heterocycles. The van der Waals surface area contributed by atoms with Crippen LogP contribution in [0.25, 0.3) is 0 Å². The van der Waals surface area contributed by atoms with E-state index in [9.17, 15) is 5.11 Å². The summed E-state index contributed by atoms with van der Waals surface area (Å²) in [4.78, 5) is 0. The second-order valence-corrected chi connectivity index (χ2v) is 15.6. The standard InChI is InChI=1S/C24H40O5Si/c1-23(2,3)30(6,7)27-16-20-22(29-24(4,5)28-20)21-18(25)13-14-19(21)26-15-17-11-9-8-10-12-17/h8-12,18-22,25H,13-16H2,1-7H3/t18-,19-,20-,21-,22-/m1/s1. The third-order valence-corrected chi connectivity index (χ3v) is 11.4. The number of aliphatic hydroxyl groups is 1. The molecule has 2 aliphatic rings. The number of aliphatic hydroxyl groups excluding tert-OH is 1. The van der Waals surface area contributed by atoms with E-state index in [0.717, 1.165) is 18.4 Å². The number of hydrogen-bond acceptors (Lipinski definition) is 5. The molecule has 2 fully saturated rings. The smallest absolute Gasteiger partial charge is 0.192 e. The third-order valence-electron chi connectivity index (χ3n) is 6.94. The first-order valence-electron chi connectivity index (χ1n) is 11.2. The van der Waals surface area contributed by atoms with Gasteiger partial charge in [0.05, 0.1) is 31.5 Å². The molecule has 1 aliphatic carbocycles. The quantitative estimate of drug-likeness (QED) is 0.617. The van der Waals surface area contributed by atoms with Gasteiger partial charge in [0, 0.05) is 5.92 Å². The molecule has 0 unspecified atom stereocenters. The molecule has 1 saturated carbocycles. The first-order chi connectivity index (χ1) is 13.9. The normalized spacial score (nSPS) is 31.9. The lowest BCUT2D eigenvalue weighted by atomic mass is 9.92. The van der Waals surface area contributed by atoms with Crippen LogP contribution in [-0.2, 0) is 25.2 Å². The van der Waals surface area contributed by atoms with Crippen molar-refractivity contribution in [2.45, 2.75) is 102 Å². The van der Waals surface area contributed by atoms with E-state index < -0.39 is 20.2 Å². The number of rotatable bonds is 7. The number of benzene rings is 1. The molecule has 0 bridgehead atoms. The van der Waals surface area contributed by atoms with Crippen molar-refractivity contribution in [2.24, 2.45) is 5.92 Å². The van der Waals surface area contributed by atoms with Gasteiger partial charge in [-0.1, -0.05) is 51.1 Å². The monoisotopic (exact) mass is 436 g/mol. The lowest BCUT2D eigenvalue weighted by molar-refractivity contribution is -0.160. The van der Waals surface area contributed by atoms with Gasteiger partial charge in [-0.25, -0.2) is 0 Å². The molecule has 0 spiro atoms. The van der Waals surface area contributed by atoms with Crippen LogP contribution in [0.1, 0.15) is 53.0 Å². The molecule has 3 rings (SSSR count). The molecular formula is C24H40O5Si. The number of hydrogen-bond donors (Lipinski definition) is 1. The fraction of sp³-hybridized carbons (Fsp3) is 0.750. The van der Waals surface area contributed by atoms with Crippen LogP contribution >= 0.6 is 0 Å². The van der Waals surface area contributed by atoms with Crippen LogP contribution in [0.2, 0.25) is 18.1 Å². The summed E-state index contributed by atoms with van der Waals surface area (Å²) in [5.41, 5.74) is 1.14. The summed E-state index contributed by atoms with van der Waals surface area (Å²) in [5.74, 6) is -0.818. The van der Waals surface area contributed by atoms with Crippen molar-refractivity contribution in [3.8, 4) is 0 Å². The van der Waals surface area contributed by atoms with Gasteiger partial charge in [-0.2, -0.15) is 0 Å². The van der Waals surface area contributed by atoms with Crippen molar-refractivity contribution in [3.63, 3.8) is 0 Å². The Kier molecular flexibility index (Phi) is 7.17. The van der Waals surface area contributed by atoms with Crippen molar-refractivity contribution in [1.29, 1.82) is 0 Å². The van der Waals surface area contributed by atoms with E-state index in [1.807, 2.05) is 32.0 Å². The zero-order valence-corrected chi connectivity index (χ0v) is 20.7. The van der Waals surface area contributed by atoms with E-state index in [1.54, 1.807) is 0 Å². The van der Waals surface area contributed by atoms with E-state index in [-0.39, 0.29) is 29.3 Å². The van der Waals surface area contributed by atoms with Crippen molar-refractivity contribution in [3.05, 3.63) is 35.9 Å². The highest BCUT2D eigenvalue weighted by Crippen LogP contribution is 2.42. The predicted molar refractivity (Wildman–Crippen MR) is 121 cm³/mol. The van der Waals surface area contributed by atoms with E-state index in [0.29, 0.717) is 13.2 Å². The van der Waals surface area contributed by atoms with E-state index in [1.165, 1.54) is 0 Å². The van der Waals surface area contributed by atoms with E-state index in [2.05, 4.69) is 46.0 Å². The van der Waals surface area contributed by atoms with E-state index >= 15 is 0 Å². The average Bonchev–Trinajstić information content (AvgIpc) is 3.16. The molecule has 30 heavy (non-hydrogen) atoms. The summed E-state index contributed by atoms with van der Waals surface area (Å²) in [6.45, 7) is 16.1. The SMILES string of the molecule is CC1(C)O[C@@H]([C@@H]2[C@H](O)CC[C@H]2OCc2ccccc2)[C@@H](CO[Si](C)(C)C(C)(C)C)O1. The van der Waals surface area contributed by atoms with Crippen molar-refractivity contribution < 1.29 is 23.7 Å². The van der Waals surface area contributed by atoms with Gasteiger partial charge in [-0.3, -0.25) is 0 Å². The minimum absolute atomic E-state index is 0.0573. The number of ether oxygens (including phenoxy) is 3. The molecule has 1 aliphatic heterocycles. The predicted octanol–water partition coefficient (Wildman–Crippen LogP) is 4.88. The Hall–Kier alpha value is -0.763. The van der Waals surface area contributed by atoms with Gasteiger partial charge in [-0.15, -0.1) is 0 Å². The fourth-order valence-corrected chi connectivity index (χ4v) is 5.21. The zero-order valence-electron chi connectivity index (χ0n) is 19.7. The maximum atomic E-state index is 10.8. The molecular weight excluding hydrogens is 396 g/mol. The van der Waals surface area contributed by atoms with Crippen molar-refractivity contribution in [2.75, 3.05) is 6.61 Å². The van der Waals surface area contributed by atoms with Gasteiger partial charge < -0.3 is 23.7 Å². The fourth-order valence-electron chi connectivity index (χ4n) is 4.20. The molecule has 5 atom stereocenters.